The maximum Gasteiger partial charge on any atom is 0.422 e. The van der Waals surface area contributed by atoms with Gasteiger partial charge in [-0.05, 0) is 17.7 Å². The molecule has 0 spiro atoms. The lowest BCUT2D eigenvalue weighted by molar-refractivity contribution is -0.153. The molecule has 3 nitrogen and oxygen atoms in total. The SMILES string of the molecule is CCC(=O)NCc1ccc(OCC(F)(F)F)cc1. The first-order chi connectivity index (χ1) is 8.40. The lowest BCUT2D eigenvalue weighted by Gasteiger charge is -2.09. The summed E-state index contributed by atoms with van der Waals surface area (Å²) in [5, 5.41) is 2.66. The van der Waals surface area contributed by atoms with Crippen molar-refractivity contribution in [3.05, 3.63) is 29.8 Å². The number of amides is 1. The van der Waals surface area contributed by atoms with Crippen molar-refractivity contribution in [2.75, 3.05) is 6.61 Å². The van der Waals surface area contributed by atoms with Crippen LogP contribution < -0.4 is 10.1 Å². The summed E-state index contributed by atoms with van der Waals surface area (Å²) in [6, 6.07) is 6.11. The van der Waals surface area contributed by atoms with E-state index in [-0.39, 0.29) is 11.7 Å². The number of alkyl halides is 3. The highest BCUT2D eigenvalue weighted by Crippen LogP contribution is 2.18. The van der Waals surface area contributed by atoms with Crippen molar-refractivity contribution in [1.29, 1.82) is 0 Å². The predicted octanol–water partition coefficient (Wildman–Crippen LogP) is 2.65. The Kier molecular flexibility index (Phi) is 5.00. The van der Waals surface area contributed by atoms with E-state index in [0.717, 1.165) is 5.56 Å². The maximum absolute atomic E-state index is 11.9. The van der Waals surface area contributed by atoms with Crippen LogP contribution in [0.2, 0.25) is 0 Å². The molecule has 0 atom stereocenters. The molecule has 1 aromatic carbocycles. The lowest BCUT2D eigenvalue weighted by atomic mass is 10.2. The number of carbonyl (C=O) groups excluding carboxylic acids is 1. The van der Waals surface area contributed by atoms with Crippen molar-refractivity contribution in [2.24, 2.45) is 0 Å². The van der Waals surface area contributed by atoms with E-state index in [4.69, 9.17) is 0 Å². The number of benzene rings is 1. The van der Waals surface area contributed by atoms with E-state index in [1.165, 1.54) is 12.1 Å². The van der Waals surface area contributed by atoms with Gasteiger partial charge >= 0.3 is 6.18 Å². The van der Waals surface area contributed by atoms with Gasteiger partial charge in [-0.25, -0.2) is 0 Å². The van der Waals surface area contributed by atoms with E-state index < -0.39 is 12.8 Å². The first kappa shape index (κ1) is 14.3. The van der Waals surface area contributed by atoms with Crippen LogP contribution in [0.5, 0.6) is 5.75 Å². The molecule has 1 N–H and O–H groups in total. The van der Waals surface area contributed by atoms with Crippen LogP contribution in [0.25, 0.3) is 0 Å². The highest BCUT2D eigenvalue weighted by atomic mass is 19.4. The molecule has 0 saturated heterocycles. The molecule has 0 aliphatic carbocycles. The highest BCUT2D eigenvalue weighted by Gasteiger charge is 2.28. The van der Waals surface area contributed by atoms with Crippen molar-refractivity contribution in [3.8, 4) is 5.75 Å². The molecule has 0 saturated carbocycles. The van der Waals surface area contributed by atoms with E-state index in [9.17, 15) is 18.0 Å². The zero-order valence-electron chi connectivity index (χ0n) is 9.88. The summed E-state index contributed by atoms with van der Waals surface area (Å²) in [6.45, 7) is 0.786. The predicted molar refractivity (Wildman–Crippen MR) is 60.1 cm³/mol. The minimum absolute atomic E-state index is 0.0765. The number of carbonyl (C=O) groups is 1. The fourth-order valence-corrected chi connectivity index (χ4v) is 1.19. The van der Waals surface area contributed by atoms with Gasteiger partial charge in [-0.3, -0.25) is 4.79 Å². The van der Waals surface area contributed by atoms with Gasteiger partial charge in [0.25, 0.3) is 0 Å². The molecule has 1 rings (SSSR count). The van der Waals surface area contributed by atoms with Gasteiger partial charge < -0.3 is 10.1 Å². The summed E-state index contributed by atoms with van der Waals surface area (Å²) in [7, 11) is 0. The largest absolute Gasteiger partial charge is 0.484 e. The van der Waals surface area contributed by atoms with Gasteiger partial charge in [-0.1, -0.05) is 19.1 Å². The average Bonchev–Trinajstić information content (AvgIpc) is 2.33. The Balaban J connectivity index is 2.45. The first-order valence-corrected chi connectivity index (χ1v) is 5.46. The molecule has 0 fully saturated rings. The molecule has 0 bridgehead atoms. The minimum atomic E-state index is -4.34. The summed E-state index contributed by atoms with van der Waals surface area (Å²) in [4.78, 5) is 11.0. The zero-order chi connectivity index (χ0) is 13.6. The van der Waals surface area contributed by atoms with Gasteiger partial charge in [-0.2, -0.15) is 13.2 Å². The molecular formula is C12H14F3NO2. The van der Waals surface area contributed by atoms with Crippen LogP contribution in [0.15, 0.2) is 24.3 Å². The van der Waals surface area contributed by atoms with Gasteiger partial charge in [0.05, 0.1) is 0 Å². The molecule has 18 heavy (non-hydrogen) atoms. The summed E-state index contributed by atoms with van der Waals surface area (Å²) < 4.78 is 40.2. The van der Waals surface area contributed by atoms with Crippen molar-refractivity contribution >= 4 is 5.91 Å². The molecule has 1 amide bonds. The molecule has 0 aromatic heterocycles. The number of ether oxygens (including phenoxy) is 1. The van der Waals surface area contributed by atoms with Crippen molar-refractivity contribution < 1.29 is 22.7 Å². The molecule has 1 aromatic rings. The Bertz CT molecular complexity index is 387. The van der Waals surface area contributed by atoms with E-state index in [1.807, 2.05) is 0 Å². The molecule has 100 valence electrons. The number of nitrogens with one attached hydrogen (secondary N) is 1. The molecule has 0 aliphatic heterocycles. The van der Waals surface area contributed by atoms with Gasteiger partial charge in [0, 0.05) is 13.0 Å². The summed E-state index contributed by atoms with van der Waals surface area (Å²) in [5.41, 5.74) is 0.802. The lowest BCUT2D eigenvalue weighted by Crippen LogP contribution is -2.21. The Morgan fingerprint density at radius 1 is 1.28 bits per heavy atom. The number of halogens is 3. The van der Waals surface area contributed by atoms with E-state index >= 15 is 0 Å². The summed E-state index contributed by atoms with van der Waals surface area (Å²) in [5.74, 6) is 0.0743. The molecule has 0 radical (unpaired) electrons. The second-order valence-electron chi connectivity index (χ2n) is 3.68. The molecular weight excluding hydrogens is 247 g/mol. The van der Waals surface area contributed by atoms with Crippen molar-refractivity contribution in [3.63, 3.8) is 0 Å². The Morgan fingerprint density at radius 2 is 1.89 bits per heavy atom. The summed E-state index contributed by atoms with van der Waals surface area (Å²) >= 11 is 0. The van der Waals surface area contributed by atoms with E-state index in [1.54, 1.807) is 19.1 Å². The Hall–Kier alpha value is -1.72. The van der Waals surface area contributed by atoms with Gasteiger partial charge in [0.1, 0.15) is 5.75 Å². The van der Waals surface area contributed by atoms with Crippen LogP contribution >= 0.6 is 0 Å². The number of hydrogen-bond donors (Lipinski definition) is 1. The smallest absolute Gasteiger partial charge is 0.422 e. The van der Waals surface area contributed by atoms with Gasteiger partial charge in [0.2, 0.25) is 5.91 Å². The quantitative estimate of drug-likeness (QED) is 0.884. The standard InChI is InChI=1S/C12H14F3NO2/c1-2-11(17)16-7-9-3-5-10(6-4-9)18-8-12(13,14)15/h3-6H,2,7-8H2,1H3,(H,16,17). The third-order valence-corrected chi connectivity index (χ3v) is 2.14. The van der Waals surface area contributed by atoms with Crippen LogP contribution in [0.1, 0.15) is 18.9 Å². The van der Waals surface area contributed by atoms with Gasteiger partial charge in [-0.15, -0.1) is 0 Å². The second kappa shape index (κ2) is 6.28. The Morgan fingerprint density at radius 3 is 2.39 bits per heavy atom. The molecule has 0 heterocycles. The molecule has 6 heteroatoms. The maximum atomic E-state index is 11.9. The zero-order valence-corrected chi connectivity index (χ0v) is 9.88. The average molecular weight is 261 g/mol. The van der Waals surface area contributed by atoms with Crippen LogP contribution in [-0.4, -0.2) is 18.7 Å². The molecule has 0 unspecified atom stereocenters. The fourth-order valence-electron chi connectivity index (χ4n) is 1.19. The third kappa shape index (κ3) is 5.56. The first-order valence-electron chi connectivity index (χ1n) is 5.46. The normalized spacial score (nSPS) is 11.1. The van der Waals surface area contributed by atoms with Gasteiger partial charge in [0.15, 0.2) is 6.61 Å². The summed E-state index contributed by atoms with van der Waals surface area (Å²) in [6.07, 6.45) is -3.94. The topological polar surface area (TPSA) is 38.3 Å². The van der Waals surface area contributed by atoms with Crippen LogP contribution in [-0.2, 0) is 11.3 Å². The highest BCUT2D eigenvalue weighted by molar-refractivity contribution is 5.75. The Labute approximate surface area is 103 Å². The monoisotopic (exact) mass is 261 g/mol. The second-order valence-corrected chi connectivity index (χ2v) is 3.68. The fraction of sp³-hybridized carbons (Fsp3) is 0.417. The van der Waals surface area contributed by atoms with E-state index in [2.05, 4.69) is 10.1 Å². The number of rotatable bonds is 5. The number of hydrogen-bond acceptors (Lipinski definition) is 2. The van der Waals surface area contributed by atoms with Crippen LogP contribution in [0.4, 0.5) is 13.2 Å². The van der Waals surface area contributed by atoms with Crippen molar-refractivity contribution in [2.45, 2.75) is 26.1 Å². The van der Waals surface area contributed by atoms with E-state index in [0.29, 0.717) is 13.0 Å². The third-order valence-electron chi connectivity index (χ3n) is 2.14. The van der Waals surface area contributed by atoms with Crippen LogP contribution in [0.3, 0.4) is 0 Å². The molecule has 0 aliphatic rings. The van der Waals surface area contributed by atoms with Crippen LogP contribution in [0, 0.1) is 0 Å². The van der Waals surface area contributed by atoms with Crippen molar-refractivity contribution in [1.82, 2.24) is 5.32 Å². The minimum Gasteiger partial charge on any atom is -0.484 e.